The molecule has 34 heavy (non-hydrogen) atoms. The Kier molecular flexibility index (Phi) is 7.64. The van der Waals surface area contributed by atoms with Crippen molar-refractivity contribution in [3.63, 3.8) is 0 Å². The van der Waals surface area contributed by atoms with Gasteiger partial charge in [-0.25, -0.2) is 9.97 Å². The van der Waals surface area contributed by atoms with Crippen LogP contribution in [-0.2, 0) is 0 Å². The molecule has 3 aromatic rings. The van der Waals surface area contributed by atoms with Gasteiger partial charge < -0.3 is 24.0 Å². The third-order valence-electron chi connectivity index (χ3n) is 5.59. The molecule has 1 aliphatic heterocycles. The van der Waals surface area contributed by atoms with E-state index in [2.05, 4.69) is 19.6 Å². The number of hydrogen-bond acceptors (Lipinski definition) is 8. The lowest BCUT2D eigenvalue weighted by Gasteiger charge is -2.35. The zero-order valence-electron chi connectivity index (χ0n) is 19.2. The molecule has 0 saturated carbocycles. The first-order valence-corrected chi connectivity index (χ1v) is 12.0. The molecule has 1 amide bonds. The second kappa shape index (κ2) is 10.8. The molecule has 0 radical (unpaired) electrons. The normalized spacial score (nSPS) is 13.5. The zero-order chi connectivity index (χ0) is 24.1. The van der Waals surface area contributed by atoms with Crippen molar-refractivity contribution in [2.45, 2.75) is 11.8 Å². The number of carbonyl (C=O) groups excluding carboxylic acids is 1. The molecule has 178 valence electrons. The molecule has 1 N–H and O–H groups in total. The van der Waals surface area contributed by atoms with Crippen LogP contribution in [0.5, 0.6) is 11.5 Å². The van der Waals surface area contributed by atoms with Gasteiger partial charge >= 0.3 is 0 Å². The molecule has 1 saturated heterocycles. The lowest BCUT2D eigenvalue weighted by atomic mass is 10.1. The summed E-state index contributed by atoms with van der Waals surface area (Å²) in [6.07, 6.45) is 3.46. The number of methoxy groups -OCH3 is 2. The van der Waals surface area contributed by atoms with Crippen LogP contribution in [0, 0.1) is 6.92 Å². The van der Waals surface area contributed by atoms with Crippen molar-refractivity contribution in [1.82, 2.24) is 14.9 Å². The largest absolute Gasteiger partial charge is 0.495 e. The molecular formula is C24H26ClN5O3S. The number of benzene rings is 2. The second-order valence-corrected chi connectivity index (χ2v) is 8.98. The molecule has 1 fully saturated rings. The molecule has 2 heterocycles. The Balaban J connectivity index is 1.43. The van der Waals surface area contributed by atoms with Gasteiger partial charge in [-0.1, -0.05) is 17.7 Å². The first-order valence-electron chi connectivity index (χ1n) is 10.8. The van der Waals surface area contributed by atoms with Crippen LogP contribution in [0.4, 0.5) is 11.6 Å². The number of nitrogens with one attached hydrogen (secondary N) is 1. The molecular weight excluding hydrogens is 474 g/mol. The van der Waals surface area contributed by atoms with E-state index in [-0.39, 0.29) is 5.91 Å². The van der Waals surface area contributed by atoms with Crippen LogP contribution in [0.2, 0.25) is 5.02 Å². The summed E-state index contributed by atoms with van der Waals surface area (Å²) in [5.74, 6) is 1.87. The van der Waals surface area contributed by atoms with E-state index < -0.39 is 0 Å². The summed E-state index contributed by atoms with van der Waals surface area (Å²) >= 11 is 7.66. The van der Waals surface area contributed by atoms with Crippen molar-refractivity contribution in [3.8, 4) is 11.5 Å². The first kappa shape index (κ1) is 24.0. The van der Waals surface area contributed by atoms with E-state index in [0.717, 1.165) is 10.5 Å². The molecule has 0 spiro atoms. The molecule has 0 atom stereocenters. The standard InChI is InChI=1S/C24H26ClN5O3S/c1-16-5-6-17(34-28-20-14-19(25)21(32-2)15-22(20)33-3)13-18(16)23(31)29-9-11-30(12-10-29)24-26-7-4-8-27-24/h4-8,13-15,28H,9-12H2,1-3H3. The van der Waals surface area contributed by atoms with E-state index >= 15 is 0 Å². The fourth-order valence-corrected chi connectivity index (χ4v) is 4.62. The summed E-state index contributed by atoms with van der Waals surface area (Å²) in [5, 5.41) is 0.478. The fraction of sp³-hybridized carbons (Fsp3) is 0.292. The van der Waals surface area contributed by atoms with Gasteiger partial charge in [0.05, 0.1) is 24.9 Å². The Bertz CT molecular complexity index is 1160. The van der Waals surface area contributed by atoms with Crippen molar-refractivity contribution in [2.24, 2.45) is 0 Å². The van der Waals surface area contributed by atoms with Crippen molar-refractivity contribution in [2.75, 3.05) is 50.0 Å². The predicted molar refractivity (Wildman–Crippen MR) is 135 cm³/mol. The molecule has 0 aliphatic carbocycles. The number of ether oxygens (including phenoxy) is 2. The van der Waals surface area contributed by atoms with Gasteiger partial charge in [0.1, 0.15) is 11.5 Å². The van der Waals surface area contributed by atoms with Crippen LogP contribution < -0.4 is 19.1 Å². The predicted octanol–water partition coefficient (Wildman–Crippen LogP) is 4.54. The summed E-state index contributed by atoms with van der Waals surface area (Å²) in [6, 6.07) is 11.1. The monoisotopic (exact) mass is 499 g/mol. The summed E-state index contributed by atoms with van der Waals surface area (Å²) in [7, 11) is 3.15. The van der Waals surface area contributed by atoms with E-state index in [4.69, 9.17) is 21.1 Å². The molecule has 4 rings (SSSR count). The summed E-state index contributed by atoms with van der Waals surface area (Å²) in [6.45, 7) is 4.59. The van der Waals surface area contributed by atoms with Crippen LogP contribution in [0.15, 0.2) is 53.7 Å². The second-order valence-electron chi connectivity index (χ2n) is 7.70. The fourth-order valence-electron chi connectivity index (χ4n) is 3.68. The first-order chi connectivity index (χ1) is 16.5. The highest BCUT2D eigenvalue weighted by Gasteiger charge is 2.24. The molecule has 1 aliphatic rings. The third-order valence-corrected chi connectivity index (χ3v) is 6.70. The van der Waals surface area contributed by atoms with Gasteiger partial charge in [-0.2, -0.15) is 0 Å². The van der Waals surface area contributed by atoms with E-state index in [1.807, 2.05) is 30.0 Å². The van der Waals surface area contributed by atoms with E-state index in [0.29, 0.717) is 59.9 Å². The minimum Gasteiger partial charge on any atom is -0.495 e. The summed E-state index contributed by atoms with van der Waals surface area (Å²) < 4.78 is 14.0. The average Bonchev–Trinajstić information content (AvgIpc) is 2.88. The maximum absolute atomic E-state index is 13.3. The maximum atomic E-state index is 13.3. The molecule has 0 unspecified atom stereocenters. The summed E-state index contributed by atoms with van der Waals surface area (Å²) in [5.41, 5.74) is 2.34. The molecule has 2 aromatic carbocycles. The Morgan fingerprint density at radius 1 is 1.03 bits per heavy atom. The zero-order valence-corrected chi connectivity index (χ0v) is 20.8. The van der Waals surface area contributed by atoms with E-state index in [1.165, 1.54) is 11.9 Å². The molecule has 10 heteroatoms. The highest BCUT2D eigenvalue weighted by atomic mass is 35.5. The van der Waals surface area contributed by atoms with Crippen LogP contribution in [-0.4, -0.2) is 61.2 Å². The van der Waals surface area contributed by atoms with Gasteiger partial charge in [0, 0.05) is 55.1 Å². The highest BCUT2D eigenvalue weighted by molar-refractivity contribution is 8.00. The van der Waals surface area contributed by atoms with Crippen molar-refractivity contribution < 1.29 is 14.3 Å². The SMILES string of the molecule is COc1cc(OC)c(NSc2ccc(C)c(C(=O)N3CCN(c4ncccn4)CC3)c2)cc1Cl. The number of carbonyl (C=O) groups is 1. The molecule has 0 bridgehead atoms. The Hall–Kier alpha value is -3.17. The number of aromatic nitrogens is 2. The smallest absolute Gasteiger partial charge is 0.254 e. The van der Waals surface area contributed by atoms with Crippen molar-refractivity contribution >= 4 is 41.1 Å². The van der Waals surface area contributed by atoms with Gasteiger partial charge in [0.2, 0.25) is 5.95 Å². The molecule has 1 aromatic heterocycles. The topological polar surface area (TPSA) is 79.8 Å². The Morgan fingerprint density at radius 2 is 1.74 bits per heavy atom. The minimum absolute atomic E-state index is 0.0265. The van der Waals surface area contributed by atoms with Crippen molar-refractivity contribution in [3.05, 3.63) is 64.9 Å². The van der Waals surface area contributed by atoms with Crippen LogP contribution in [0.1, 0.15) is 15.9 Å². The van der Waals surface area contributed by atoms with Gasteiger partial charge in [0.25, 0.3) is 5.91 Å². The lowest BCUT2D eigenvalue weighted by molar-refractivity contribution is 0.0745. The third kappa shape index (κ3) is 5.31. The number of anilines is 2. The molecule has 8 nitrogen and oxygen atoms in total. The number of aryl methyl sites for hydroxylation is 1. The number of hydrogen-bond donors (Lipinski definition) is 1. The number of rotatable bonds is 7. The number of halogens is 1. The maximum Gasteiger partial charge on any atom is 0.254 e. The van der Waals surface area contributed by atoms with E-state index in [9.17, 15) is 4.79 Å². The van der Waals surface area contributed by atoms with Crippen molar-refractivity contribution in [1.29, 1.82) is 0 Å². The van der Waals surface area contributed by atoms with Gasteiger partial charge in [-0.05, 0) is 48.7 Å². The number of nitrogens with zero attached hydrogens (tertiary/aromatic N) is 4. The van der Waals surface area contributed by atoms with Gasteiger partial charge in [-0.15, -0.1) is 0 Å². The van der Waals surface area contributed by atoms with E-state index in [1.54, 1.807) is 44.8 Å². The van der Waals surface area contributed by atoms with Gasteiger partial charge in [-0.3, -0.25) is 4.79 Å². The number of amides is 1. The lowest BCUT2D eigenvalue weighted by Crippen LogP contribution is -2.49. The van der Waals surface area contributed by atoms with Crippen LogP contribution >= 0.6 is 23.5 Å². The van der Waals surface area contributed by atoms with Crippen LogP contribution in [0.3, 0.4) is 0 Å². The quantitative estimate of drug-likeness (QED) is 0.475. The van der Waals surface area contributed by atoms with Crippen LogP contribution in [0.25, 0.3) is 0 Å². The van der Waals surface area contributed by atoms with Gasteiger partial charge in [0.15, 0.2) is 0 Å². The Morgan fingerprint density at radius 3 is 2.41 bits per heavy atom. The highest BCUT2D eigenvalue weighted by Crippen LogP contribution is 2.38. The Labute approximate surface area is 208 Å². The summed E-state index contributed by atoms with van der Waals surface area (Å²) in [4.78, 5) is 26.8. The number of piperazine rings is 1. The average molecular weight is 500 g/mol. The minimum atomic E-state index is 0.0265.